The third-order valence-corrected chi connectivity index (χ3v) is 14.8. The number of hydrogen-bond donors (Lipinski definition) is 0. The number of fused-ring (bicyclic) bond motifs is 2. The molecule has 1 aliphatic rings. The molecule has 10 aromatic rings. The molecule has 0 aliphatic carbocycles. The number of para-hydroxylation sites is 2. The first-order valence-corrected chi connectivity index (χ1v) is 25.2. The molecular weight excluding hydrogens is 871 g/mol. The molecule has 1 aliphatic heterocycles. The zero-order valence-corrected chi connectivity index (χ0v) is 42.7. The van der Waals surface area contributed by atoms with Crippen LogP contribution >= 0.6 is 0 Å². The van der Waals surface area contributed by atoms with Crippen LogP contribution in [0.5, 0.6) is 0 Å². The van der Waals surface area contributed by atoms with E-state index in [1.807, 2.05) is 0 Å². The molecule has 0 saturated carbocycles. The molecule has 0 saturated heterocycles. The molecule has 10 aromatic carbocycles. The largest absolute Gasteiger partial charge is 0.310 e. The van der Waals surface area contributed by atoms with Crippen LogP contribution in [0.3, 0.4) is 0 Å². The molecule has 1 heterocycles. The highest BCUT2D eigenvalue weighted by atomic mass is 15.2. The van der Waals surface area contributed by atoms with Gasteiger partial charge >= 0.3 is 0 Å². The number of hydrogen-bond acceptors (Lipinski definition) is 3. The fourth-order valence-corrected chi connectivity index (χ4v) is 10.9. The maximum atomic E-state index is 2.47. The molecular formula is C69H61N3. The average Bonchev–Trinajstić information content (AvgIpc) is 3.39. The van der Waals surface area contributed by atoms with Crippen molar-refractivity contribution in [2.75, 3.05) is 14.7 Å². The van der Waals surface area contributed by atoms with E-state index in [0.717, 1.165) is 45.4 Å². The van der Waals surface area contributed by atoms with Gasteiger partial charge in [0.05, 0.1) is 11.4 Å². The second kappa shape index (κ2) is 18.7. The maximum absolute atomic E-state index is 2.47. The fraction of sp³-hybridized carbons (Fsp3) is 0.130. The summed E-state index contributed by atoms with van der Waals surface area (Å²) in [5, 5.41) is 0. The van der Waals surface area contributed by atoms with Gasteiger partial charge in [-0.05, 0) is 194 Å². The van der Waals surface area contributed by atoms with Crippen molar-refractivity contribution in [3.63, 3.8) is 0 Å². The van der Waals surface area contributed by atoms with Gasteiger partial charge in [-0.3, -0.25) is 0 Å². The lowest BCUT2D eigenvalue weighted by Crippen LogP contribution is -2.30. The van der Waals surface area contributed by atoms with Crippen LogP contribution < -0.4 is 14.7 Å². The smallest absolute Gasteiger partial charge is 0.0502 e. The summed E-state index contributed by atoms with van der Waals surface area (Å²) in [4.78, 5) is 7.21. The van der Waals surface area contributed by atoms with Crippen LogP contribution in [0.15, 0.2) is 224 Å². The topological polar surface area (TPSA) is 9.72 Å². The molecule has 11 rings (SSSR count). The molecule has 0 atom stereocenters. The van der Waals surface area contributed by atoms with E-state index < -0.39 is 0 Å². The molecule has 352 valence electrons. The van der Waals surface area contributed by atoms with E-state index in [9.17, 15) is 0 Å². The summed E-state index contributed by atoms with van der Waals surface area (Å²) in [6, 6.07) is 83.3. The number of benzene rings is 10. The molecule has 0 unspecified atom stereocenters. The van der Waals surface area contributed by atoms with E-state index in [1.54, 1.807) is 0 Å². The minimum atomic E-state index is -0.155. The summed E-state index contributed by atoms with van der Waals surface area (Å²) in [7, 11) is 0. The van der Waals surface area contributed by atoms with Crippen LogP contribution in [-0.4, -0.2) is 0 Å². The van der Waals surface area contributed by atoms with E-state index in [4.69, 9.17) is 0 Å². The quantitative estimate of drug-likeness (QED) is 0.135. The van der Waals surface area contributed by atoms with Crippen LogP contribution in [0.1, 0.15) is 58.4 Å². The Hall–Kier alpha value is -8.40. The molecule has 0 bridgehead atoms. The Morgan fingerprint density at radius 1 is 0.319 bits per heavy atom. The van der Waals surface area contributed by atoms with Crippen molar-refractivity contribution in [1.82, 2.24) is 0 Å². The van der Waals surface area contributed by atoms with Crippen molar-refractivity contribution in [2.24, 2.45) is 0 Å². The molecule has 0 spiro atoms. The van der Waals surface area contributed by atoms with Gasteiger partial charge < -0.3 is 14.7 Å². The van der Waals surface area contributed by atoms with Crippen molar-refractivity contribution >= 4 is 51.2 Å². The van der Waals surface area contributed by atoms with Gasteiger partial charge in [-0.2, -0.15) is 0 Å². The first-order chi connectivity index (χ1) is 34.9. The van der Waals surface area contributed by atoms with Crippen molar-refractivity contribution < 1.29 is 0 Å². The maximum Gasteiger partial charge on any atom is 0.0502 e. The monoisotopic (exact) mass is 931 g/mol. The lowest BCUT2D eigenvalue weighted by Gasteiger charge is -2.42. The number of aryl methyl sites for hydroxylation is 6. The molecule has 0 aromatic heterocycles. The second-order valence-electron chi connectivity index (χ2n) is 20.3. The van der Waals surface area contributed by atoms with Gasteiger partial charge in [-0.1, -0.05) is 163 Å². The van der Waals surface area contributed by atoms with Crippen LogP contribution in [0.25, 0.3) is 33.4 Å². The van der Waals surface area contributed by atoms with E-state index in [2.05, 4.69) is 295 Å². The molecule has 0 N–H and O–H groups in total. The Bertz CT molecular complexity index is 3300. The minimum Gasteiger partial charge on any atom is -0.310 e. The Morgan fingerprint density at radius 3 is 1.07 bits per heavy atom. The van der Waals surface area contributed by atoms with Gasteiger partial charge in [-0.25, -0.2) is 0 Å². The number of rotatable bonds is 10. The summed E-state index contributed by atoms with van der Waals surface area (Å²) in [5.41, 5.74) is 27.3. The zero-order chi connectivity index (χ0) is 49.7. The Balaban J connectivity index is 1.10. The number of nitrogens with zero attached hydrogens (tertiary/aromatic N) is 3. The lowest BCUT2D eigenvalue weighted by molar-refractivity contribution is 0.632. The van der Waals surface area contributed by atoms with Crippen LogP contribution in [0, 0.1) is 41.5 Å². The summed E-state index contributed by atoms with van der Waals surface area (Å²) >= 11 is 0. The highest BCUT2D eigenvalue weighted by Gasteiger charge is 2.36. The van der Waals surface area contributed by atoms with Crippen LogP contribution in [-0.2, 0) is 5.41 Å². The van der Waals surface area contributed by atoms with Crippen molar-refractivity contribution in [3.05, 3.63) is 269 Å². The fourth-order valence-electron chi connectivity index (χ4n) is 10.9. The summed E-state index contributed by atoms with van der Waals surface area (Å²) in [5.74, 6) is 0. The molecule has 0 radical (unpaired) electrons. The Morgan fingerprint density at radius 2 is 0.681 bits per heavy atom. The average molecular weight is 932 g/mol. The first-order valence-electron chi connectivity index (χ1n) is 25.2. The summed E-state index contributed by atoms with van der Waals surface area (Å²) in [6.45, 7) is 17.8. The molecule has 3 nitrogen and oxygen atoms in total. The lowest BCUT2D eigenvalue weighted by atomic mass is 9.73. The van der Waals surface area contributed by atoms with Gasteiger partial charge in [0.2, 0.25) is 0 Å². The highest BCUT2D eigenvalue weighted by molar-refractivity contribution is 5.98. The summed E-state index contributed by atoms with van der Waals surface area (Å²) in [6.07, 6.45) is 0. The van der Waals surface area contributed by atoms with Gasteiger partial charge in [0.1, 0.15) is 0 Å². The highest BCUT2D eigenvalue weighted by Crippen LogP contribution is 2.53. The predicted molar refractivity (Wildman–Crippen MR) is 307 cm³/mol. The third kappa shape index (κ3) is 8.45. The molecule has 0 amide bonds. The predicted octanol–water partition coefficient (Wildman–Crippen LogP) is 19.6. The van der Waals surface area contributed by atoms with Gasteiger partial charge in [-0.15, -0.1) is 0 Å². The number of anilines is 9. The standard InChI is InChI=1S/C69H61N3/c1-46-23-31-53(32-24-46)70(54-33-25-47(2)26-34-54)58-39-41-60(50(5)43-58)62-17-14-18-63(61-42-40-59(44-51(61)6)71(55-35-27-48(3)28-36-55)56-37-29-49(4)30-38-56)68(62)52-15-13-16-57(45-52)72-66-21-11-9-19-64(66)69(7,8)65-20-10-12-22-67(65)72/h9-45H,1-8H3. The zero-order valence-electron chi connectivity index (χ0n) is 42.7. The normalized spacial score (nSPS) is 12.5. The Labute approximate surface area is 427 Å². The SMILES string of the molecule is Cc1ccc(N(c2ccc(C)cc2)c2ccc(-c3cccc(-c4ccc(N(c5ccc(C)cc5)c5ccc(C)cc5)cc4C)c3-c3cccc(N4c5ccccc5C(C)(C)c5ccccc54)c3)c(C)c2)cc1. The van der Waals surface area contributed by atoms with Gasteiger partial charge in [0.25, 0.3) is 0 Å². The second-order valence-corrected chi connectivity index (χ2v) is 20.3. The van der Waals surface area contributed by atoms with Gasteiger partial charge in [0.15, 0.2) is 0 Å². The van der Waals surface area contributed by atoms with Crippen molar-refractivity contribution in [3.8, 4) is 33.4 Å². The molecule has 3 heteroatoms. The summed E-state index contributed by atoms with van der Waals surface area (Å²) < 4.78 is 0. The van der Waals surface area contributed by atoms with E-state index in [1.165, 1.54) is 83.7 Å². The van der Waals surface area contributed by atoms with E-state index in [0.29, 0.717) is 0 Å². The van der Waals surface area contributed by atoms with E-state index in [-0.39, 0.29) is 5.41 Å². The van der Waals surface area contributed by atoms with Crippen molar-refractivity contribution in [2.45, 2.75) is 60.8 Å². The Kier molecular flexibility index (Phi) is 12.0. The third-order valence-electron chi connectivity index (χ3n) is 14.8. The van der Waals surface area contributed by atoms with E-state index >= 15 is 0 Å². The first kappa shape index (κ1) is 46.0. The van der Waals surface area contributed by atoms with Crippen LogP contribution in [0.4, 0.5) is 51.2 Å². The minimum absolute atomic E-state index is 0.155. The van der Waals surface area contributed by atoms with Gasteiger partial charge in [0, 0.05) is 45.2 Å². The molecule has 0 fully saturated rings. The van der Waals surface area contributed by atoms with Crippen LogP contribution in [0.2, 0.25) is 0 Å². The molecule has 72 heavy (non-hydrogen) atoms. The van der Waals surface area contributed by atoms with Crippen molar-refractivity contribution in [1.29, 1.82) is 0 Å².